The van der Waals surface area contributed by atoms with Crippen LogP contribution in [0.4, 0.5) is 29.9 Å². The average molecular weight is 429 g/mol. The maximum absolute atomic E-state index is 13.6. The molecule has 0 aliphatic carbocycles. The zero-order valence-electron chi connectivity index (χ0n) is 16.1. The van der Waals surface area contributed by atoms with Gasteiger partial charge in [0.15, 0.2) is 5.13 Å². The number of pyridine rings is 1. The van der Waals surface area contributed by atoms with Crippen LogP contribution in [0.2, 0.25) is 0 Å². The van der Waals surface area contributed by atoms with Crippen molar-refractivity contribution in [2.24, 2.45) is 0 Å². The number of halogens is 3. The van der Waals surface area contributed by atoms with Crippen LogP contribution in [-0.4, -0.2) is 16.5 Å². The van der Waals surface area contributed by atoms with Gasteiger partial charge in [-0.2, -0.15) is 18.4 Å². The van der Waals surface area contributed by atoms with Crippen LogP contribution in [-0.2, 0) is 6.18 Å². The molecule has 4 rings (SSSR count). The van der Waals surface area contributed by atoms with Crippen molar-refractivity contribution in [3.8, 4) is 6.07 Å². The first-order valence-corrected chi connectivity index (χ1v) is 10.2. The van der Waals surface area contributed by atoms with Gasteiger partial charge in [-0.15, -0.1) is 0 Å². The number of alkyl halides is 3. The summed E-state index contributed by atoms with van der Waals surface area (Å²) in [6.07, 6.45) is -1.41. The van der Waals surface area contributed by atoms with Crippen LogP contribution in [0, 0.1) is 18.3 Å². The molecule has 30 heavy (non-hydrogen) atoms. The SMILES string of the molecule is Cc1ccc(C2CCCN2c2cc(C(F)(F)F)cc(Nc3ncc(C#N)s3)n2)cc1. The summed E-state index contributed by atoms with van der Waals surface area (Å²) in [7, 11) is 0. The standard InChI is InChI=1S/C21H18F3N5S/c1-13-4-6-14(7-5-13)17-3-2-8-29(17)19-10-15(21(22,23)24)9-18(27-19)28-20-26-12-16(11-25)30-20/h4-7,9-10,12,17H,2-3,8H2,1H3,(H,26,27,28). The third-order valence-electron chi connectivity index (χ3n) is 5.00. The van der Waals surface area contributed by atoms with Crippen LogP contribution in [0.5, 0.6) is 0 Å². The van der Waals surface area contributed by atoms with Gasteiger partial charge in [0.25, 0.3) is 0 Å². The molecule has 3 aromatic rings. The summed E-state index contributed by atoms with van der Waals surface area (Å²) in [5.41, 5.74) is 1.42. The normalized spacial score (nSPS) is 16.5. The van der Waals surface area contributed by atoms with Crippen molar-refractivity contribution in [3.63, 3.8) is 0 Å². The topological polar surface area (TPSA) is 64.8 Å². The molecule has 0 spiro atoms. The molecule has 0 radical (unpaired) electrons. The van der Waals surface area contributed by atoms with Gasteiger partial charge < -0.3 is 10.2 Å². The number of thiazole rings is 1. The van der Waals surface area contributed by atoms with E-state index in [2.05, 4.69) is 15.3 Å². The fraction of sp³-hybridized carbons (Fsp3) is 0.286. The van der Waals surface area contributed by atoms with Crippen LogP contribution >= 0.6 is 11.3 Å². The Morgan fingerprint density at radius 1 is 1.23 bits per heavy atom. The van der Waals surface area contributed by atoms with E-state index >= 15 is 0 Å². The summed E-state index contributed by atoms with van der Waals surface area (Å²) < 4.78 is 40.7. The molecule has 0 amide bonds. The number of aromatic nitrogens is 2. The second kappa shape index (κ2) is 7.95. The molecule has 1 aliphatic rings. The van der Waals surface area contributed by atoms with E-state index in [9.17, 15) is 13.2 Å². The highest BCUT2D eigenvalue weighted by Gasteiger charge is 2.34. The predicted octanol–water partition coefficient (Wildman–Crippen LogP) is 5.82. The molecule has 1 atom stereocenters. The van der Waals surface area contributed by atoms with E-state index in [0.717, 1.165) is 47.4 Å². The lowest BCUT2D eigenvalue weighted by Crippen LogP contribution is -2.24. The van der Waals surface area contributed by atoms with Crippen molar-refractivity contribution in [1.82, 2.24) is 9.97 Å². The molecule has 0 bridgehead atoms. The molecular formula is C21H18F3N5S. The van der Waals surface area contributed by atoms with E-state index in [0.29, 0.717) is 16.6 Å². The van der Waals surface area contributed by atoms with Crippen LogP contribution in [0.1, 0.15) is 40.5 Å². The minimum atomic E-state index is -4.51. The second-order valence-corrected chi connectivity index (χ2v) is 8.16. The Balaban J connectivity index is 1.70. The van der Waals surface area contributed by atoms with Gasteiger partial charge in [-0.25, -0.2) is 9.97 Å². The number of nitrogens with zero attached hydrogens (tertiary/aromatic N) is 4. The summed E-state index contributed by atoms with van der Waals surface area (Å²) in [5, 5.41) is 12.1. The zero-order chi connectivity index (χ0) is 21.3. The smallest absolute Gasteiger partial charge is 0.349 e. The molecule has 1 saturated heterocycles. The Morgan fingerprint density at radius 2 is 2.00 bits per heavy atom. The minimum absolute atomic E-state index is 0.0283. The van der Waals surface area contributed by atoms with E-state index in [1.54, 1.807) is 0 Å². The zero-order valence-corrected chi connectivity index (χ0v) is 16.9. The summed E-state index contributed by atoms with van der Waals surface area (Å²) in [6.45, 7) is 2.63. The largest absolute Gasteiger partial charge is 0.416 e. The van der Waals surface area contributed by atoms with Crippen molar-refractivity contribution in [1.29, 1.82) is 5.26 Å². The number of rotatable bonds is 4. The van der Waals surface area contributed by atoms with Gasteiger partial charge in [0.2, 0.25) is 0 Å². The highest BCUT2D eigenvalue weighted by Crippen LogP contribution is 2.39. The Kier molecular flexibility index (Phi) is 5.35. The minimum Gasteiger partial charge on any atom is -0.349 e. The molecule has 1 N–H and O–H groups in total. The van der Waals surface area contributed by atoms with Crippen molar-refractivity contribution >= 4 is 28.1 Å². The van der Waals surface area contributed by atoms with Crippen LogP contribution in [0.15, 0.2) is 42.6 Å². The van der Waals surface area contributed by atoms with Gasteiger partial charge in [0, 0.05) is 6.54 Å². The van der Waals surface area contributed by atoms with Crippen LogP contribution in [0.25, 0.3) is 0 Å². The lowest BCUT2D eigenvalue weighted by molar-refractivity contribution is -0.137. The van der Waals surface area contributed by atoms with Gasteiger partial charge in [-0.05, 0) is 37.5 Å². The van der Waals surface area contributed by atoms with E-state index < -0.39 is 11.7 Å². The van der Waals surface area contributed by atoms with Crippen molar-refractivity contribution < 1.29 is 13.2 Å². The summed E-state index contributed by atoms with van der Waals surface area (Å²) in [4.78, 5) is 10.8. The number of hydrogen-bond acceptors (Lipinski definition) is 6. The number of nitrogens with one attached hydrogen (secondary N) is 1. The molecule has 154 valence electrons. The first-order valence-electron chi connectivity index (χ1n) is 9.39. The van der Waals surface area contributed by atoms with Gasteiger partial charge >= 0.3 is 6.18 Å². The van der Waals surface area contributed by atoms with Crippen LogP contribution < -0.4 is 10.2 Å². The first-order chi connectivity index (χ1) is 14.3. The summed E-state index contributed by atoms with van der Waals surface area (Å²) >= 11 is 1.06. The summed E-state index contributed by atoms with van der Waals surface area (Å²) in [6, 6.07) is 12.0. The number of anilines is 3. The lowest BCUT2D eigenvalue weighted by atomic mass is 10.0. The van der Waals surface area contributed by atoms with Gasteiger partial charge in [-0.3, -0.25) is 0 Å². The molecular weight excluding hydrogens is 411 g/mol. The van der Waals surface area contributed by atoms with E-state index in [1.165, 1.54) is 6.20 Å². The Bertz CT molecular complexity index is 1090. The van der Waals surface area contributed by atoms with Crippen LogP contribution in [0.3, 0.4) is 0 Å². The summed E-state index contributed by atoms with van der Waals surface area (Å²) in [5.74, 6) is 0.320. The molecule has 1 unspecified atom stereocenters. The van der Waals surface area contributed by atoms with E-state index in [4.69, 9.17) is 5.26 Å². The third-order valence-corrected chi connectivity index (χ3v) is 5.82. The molecule has 9 heteroatoms. The van der Waals surface area contributed by atoms with Gasteiger partial charge in [-0.1, -0.05) is 41.2 Å². The molecule has 1 fully saturated rings. The van der Waals surface area contributed by atoms with E-state index in [-0.39, 0.29) is 17.7 Å². The van der Waals surface area contributed by atoms with Gasteiger partial charge in [0.05, 0.1) is 17.8 Å². The average Bonchev–Trinajstić information content (AvgIpc) is 3.37. The Hall–Kier alpha value is -3.12. The van der Waals surface area contributed by atoms with Crippen molar-refractivity contribution in [2.45, 2.75) is 32.0 Å². The Morgan fingerprint density at radius 3 is 2.67 bits per heavy atom. The maximum Gasteiger partial charge on any atom is 0.416 e. The second-order valence-electron chi connectivity index (χ2n) is 7.13. The molecule has 5 nitrogen and oxygen atoms in total. The maximum atomic E-state index is 13.6. The highest BCUT2D eigenvalue weighted by molar-refractivity contribution is 7.16. The fourth-order valence-electron chi connectivity index (χ4n) is 3.56. The van der Waals surface area contributed by atoms with Gasteiger partial charge in [0.1, 0.15) is 22.6 Å². The fourth-order valence-corrected chi connectivity index (χ4v) is 4.18. The lowest BCUT2D eigenvalue weighted by Gasteiger charge is -2.27. The number of nitriles is 1. The molecule has 1 aromatic carbocycles. The first kappa shape index (κ1) is 20.2. The predicted molar refractivity (Wildman–Crippen MR) is 110 cm³/mol. The highest BCUT2D eigenvalue weighted by atomic mass is 32.1. The van der Waals surface area contributed by atoms with Crippen molar-refractivity contribution in [3.05, 3.63) is 64.2 Å². The number of hydrogen-bond donors (Lipinski definition) is 1. The number of aryl methyl sites for hydroxylation is 1. The quantitative estimate of drug-likeness (QED) is 0.566. The van der Waals surface area contributed by atoms with E-state index in [1.807, 2.05) is 42.2 Å². The molecule has 1 aliphatic heterocycles. The third kappa shape index (κ3) is 4.24. The van der Waals surface area contributed by atoms with Crippen molar-refractivity contribution in [2.75, 3.05) is 16.8 Å². The molecule has 2 aromatic heterocycles. The Labute approximate surface area is 175 Å². The molecule has 0 saturated carbocycles. The monoisotopic (exact) mass is 429 g/mol. The number of benzene rings is 1. The molecule has 3 heterocycles.